The SMILES string of the molecule is CCCOc1ccc(C(=O)NN=Cc2cc(Br)ccc2OC(=O)c2ccccc2Cl)cc1. The number of ether oxygens (including phenoxy) is 2. The summed E-state index contributed by atoms with van der Waals surface area (Å²) in [5.74, 6) is -0.00514. The smallest absolute Gasteiger partial charge is 0.345 e. The van der Waals surface area contributed by atoms with Gasteiger partial charge in [0.25, 0.3) is 5.91 Å². The van der Waals surface area contributed by atoms with Crippen molar-refractivity contribution in [3.8, 4) is 11.5 Å². The first-order valence-electron chi connectivity index (χ1n) is 9.80. The summed E-state index contributed by atoms with van der Waals surface area (Å²) in [6.45, 7) is 2.64. The van der Waals surface area contributed by atoms with Crippen LogP contribution in [0.25, 0.3) is 0 Å². The predicted octanol–water partition coefficient (Wildman–Crippen LogP) is 5.87. The first kappa shape index (κ1) is 23.5. The Bertz CT molecular complexity index is 1130. The van der Waals surface area contributed by atoms with E-state index in [4.69, 9.17) is 21.1 Å². The number of carbonyl (C=O) groups excluding carboxylic acids is 2. The molecule has 0 saturated carbocycles. The standard InChI is InChI=1S/C24H20BrClN2O4/c1-2-13-31-19-10-7-16(8-11-19)23(29)28-27-15-17-14-18(25)9-12-22(17)32-24(30)20-5-3-4-6-21(20)26/h3-12,14-15H,2,13H2,1H3,(H,28,29). The van der Waals surface area contributed by atoms with Crippen molar-refractivity contribution in [1.29, 1.82) is 0 Å². The lowest BCUT2D eigenvalue weighted by molar-refractivity contribution is 0.0734. The van der Waals surface area contributed by atoms with Crippen LogP contribution in [0, 0.1) is 0 Å². The third-order valence-electron chi connectivity index (χ3n) is 4.23. The predicted molar refractivity (Wildman–Crippen MR) is 128 cm³/mol. The fourth-order valence-electron chi connectivity index (χ4n) is 2.64. The second kappa shape index (κ2) is 11.5. The molecule has 1 amide bonds. The van der Waals surface area contributed by atoms with E-state index in [0.29, 0.717) is 28.5 Å². The zero-order chi connectivity index (χ0) is 22.9. The van der Waals surface area contributed by atoms with Gasteiger partial charge in [0.05, 0.1) is 23.4 Å². The van der Waals surface area contributed by atoms with Crippen molar-refractivity contribution in [2.24, 2.45) is 5.10 Å². The summed E-state index contributed by atoms with van der Waals surface area (Å²) in [7, 11) is 0. The van der Waals surface area contributed by atoms with Crippen LogP contribution in [0.1, 0.15) is 39.6 Å². The Morgan fingerprint density at radius 3 is 2.56 bits per heavy atom. The molecular weight excluding hydrogens is 496 g/mol. The molecule has 1 N–H and O–H groups in total. The molecule has 0 aliphatic rings. The van der Waals surface area contributed by atoms with Crippen LogP contribution in [0.2, 0.25) is 5.02 Å². The van der Waals surface area contributed by atoms with Gasteiger partial charge in [-0.25, -0.2) is 10.2 Å². The first-order valence-corrected chi connectivity index (χ1v) is 11.0. The van der Waals surface area contributed by atoms with E-state index in [-0.39, 0.29) is 17.2 Å². The maximum absolute atomic E-state index is 12.5. The number of halogens is 2. The van der Waals surface area contributed by atoms with Crippen LogP contribution in [0.4, 0.5) is 0 Å². The van der Waals surface area contributed by atoms with Crippen molar-refractivity contribution >= 4 is 45.6 Å². The maximum Gasteiger partial charge on any atom is 0.345 e. The third kappa shape index (κ3) is 6.42. The summed E-state index contributed by atoms with van der Waals surface area (Å²) in [6.07, 6.45) is 2.30. The number of nitrogens with zero attached hydrogens (tertiary/aromatic N) is 1. The van der Waals surface area contributed by atoms with Crippen LogP contribution < -0.4 is 14.9 Å². The molecule has 32 heavy (non-hydrogen) atoms. The van der Waals surface area contributed by atoms with E-state index in [0.717, 1.165) is 10.9 Å². The molecule has 3 rings (SSSR count). The molecule has 0 aliphatic heterocycles. The van der Waals surface area contributed by atoms with Gasteiger partial charge in [-0.05, 0) is 61.0 Å². The molecule has 0 saturated heterocycles. The molecular formula is C24H20BrClN2O4. The summed E-state index contributed by atoms with van der Waals surface area (Å²) in [4.78, 5) is 24.8. The molecule has 0 bridgehead atoms. The van der Waals surface area contributed by atoms with Crippen molar-refractivity contribution in [1.82, 2.24) is 5.43 Å². The van der Waals surface area contributed by atoms with Gasteiger partial charge >= 0.3 is 5.97 Å². The summed E-state index contributed by atoms with van der Waals surface area (Å²) in [6, 6.07) is 18.5. The van der Waals surface area contributed by atoms with Gasteiger partial charge in [0.15, 0.2) is 0 Å². The van der Waals surface area contributed by atoms with Crippen LogP contribution in [-0.4, -0.2) is 24.7 Å². The van der Waals surface area contributed by atoms with Crippen molar-refractivity contribution in [3.63, 3.8) is 0 Å². The first-order chi connectivity index (χ1) is 15.5. The molecule has 0 fully saturated rings. The highest BCUT2D eigenvalue weighted by molar-refractivity contribution is 9.10. The second-order valence-electron chi connectivity index (χ2n) is 6.62. The Kier molecular flexibility index (Phi) is 8.41. The van der Waals surface area contributed by atoms with Gasteiger partial charge in [-0.2, -0.15) is 5.10 Å². The largest absolute Gasteiger partial charge is 0.494 e. The highest BCUT2D eigenvalue weighted by atomic mass is 79.9. The lowest BCUT2D eigenvalue weighted by Crippen LogP contribution is -2.17. The summed E-state index contributed by atoms with van der Waals surface area (Å²) in [5.41, 5.74) is 3.64. The van der Waals surface area contributed by atoms with Crippen LogP contribution in [0.5, 0.6) is 11.5 Å². The third-order valence-corrected chi connectivity index (χ3v) is 5.05. The number of rotatable bonds is 8. The van der Waals surface area contributed by atoms with Gasteiger partial charge in [-0.1, -0.05) is 46.6 Å². The zero-order valence-electron chi connectivity index (χ0n) is 17.2. The molecule has 6 nitrogen and oxygen atoms in total. The summed E-state index contributed by atoms with van der Waals surface area (Å²) < 4.78 is 11.8. The maximum atomic E-state index is 12.5. The van der Waals surface area contributed by atoms with Crippen LogP contribution in [0.15, 0.2) is 76.3 Å². The fourth-order valence-corrected chi connectivity index (χ4v) is 3.23. The van der Waals surface area contributed by atoms with Gasteiger partial charge < -0.3 is 9.47 Å². The van der Waals surface area contributed by atoms with Crippen LogP contribution >= 0.6 is 27.5 Å². The molecule has 0 unspecified atom stereocenters. The highest BCUT2D eigenvalue weighted by Crippen LogP contribution is 2.24. The highest BCUT2D eigenvalue weighted by Gasteiger charge is 2.14. The Morgan fingerprint density at radius 1 is 1.09 bits per heavy atom. The van der Waals surface area contributed by atoms with Gasteiger partial charge in [0, 0.05) is 15.6 Å². The van der Waals surface area contributed by atoms with Gasteiger partial charge in [-0.3, -0.25) is 4.79 Å². The fraction of sp³-hybridized carbons (Fsp3) is 0.125. The Hall–Kier alpha value is -3.16. The molecule has 0 spiro atoms. The van der Waals surface area contributed by atoms with E-state index in [1.807, 2.05) is 6.92 Å². The second-order valence-corrected chi connectivity index (χ2v) is 7.95. The molecule has 3 aromatic carbocycles. The van der Waals surface area contributed by atoms with E-state index in [1.165, 1.54) is 6.21 Å². The number of amides is 1. The van der Waals surface area contributed by atoms with Crippen molar-refractivity contribution < 1.29 is 19.1 Å². The van der Waals surface area contributed by atoms with Crippen molar-refractivity contribution in [3.05, 3.63) is 92.9 Å². The summed E-state index contributed by atoms with van der Waals surface area (Å²) in [5, 5.41) is 4.29. The van der Waals surface area contributed by atoms with E-state index in [2.05, 4.69) is 26.5 Å². The molecule has 164 valence electrons. The number of nitrogens with one attached hydrogen (secondary N) is 1. The van der Waals surface area contributed by atoms with E-state index >= 15 is 0 Å². The molecule has 8 heteroatoms. The van der Waals surface area contributed by atoms with E-state index in [9.17, 15) is 9.59 Å². The number of benzene rings is 3. The van der Waals surface area contributed by atoms with Crippen LogP contribution in [0.3, 0.4) is 0 Å². The minimum absolute atomic E-state index is 0.250. The molecule has 0 radical (unpaired) electrons. The Balaban J connectivity index is 1.69. The Labute approximate surface area is 199 Å². The molecule has 0 aromatic heterocycles. The lowest BCUT2D eigenvalue weighted by Gasteiger charge is -2.09. The average molecular weight is 516 g/mol. The average Bonchev–Trinajstić information content (AvgIpc) is 2.80. The van der Waals surface area contributed by atoms with Crippen LogP contribution in [-0.2, 0) is 0 Å². The van der Waals surface area contributed by atoms with E-state index < -0.39 is 5.97 Å². The van der Waals surface area contributed by atoms with Crippen molar-refractivity contribution in [2.75, 3.05) is 6.61 Å². The number of hydrogen-bond donors (Lipinski definition) is 1. The number of hydrogen-bond acceptors (Lipinski definition) is 5. The summed E-state index contributed by atoms with van der Waals surface area (Å²) >= 11 is 9.45. The molecule has 0 heterocycles. The number of esters is 1. The van der Waals surface area contributed by atoms with E-state index in [1.54, 1.807) is 66.7 Å². The monoisotopic (exact) mass is 514 g/mol. The minimum Gasteiger partial charge on any atom is -0.494 e. The van der Waals surface area contributed by atoms with Gasteiger partial charge in [0.1, 0.15) is 11.5 Å². The number of carbonyl (C=O) groups is 2. The van der Waals surface area contributed by atoms with Gasteiger partial charge in [0.2, 0.25) is 0 Å². The van der Waals surface area contributed by atoms with Gasteiger partial charge in [-0.15, -0.1) is 0 Å². The molecule has 0 atom stereocenters. The zero-order valence-corrected chi connectivity index (χ0v) is 19.5. The number of hydrazone groups is 1. The normalized spacial score (nSPS) is 10.7. The quantitative estimate of drug-likeness (QED) is 0.176. The lowest BCUT2D eigenvalue weighted by atomic mass is 10.2. The Morgan fingerprint density at radius 2 is 1.84 bits per heavy atom. The minimum atomic E-state index is -0.595. The van der Waals surface area contributed by atoms with Crippen molar-refractivity contribution in [2.45, 2.75) is 13.3 Å². The molecule has 3 aromatic rings. The molecule has 0 aliphatic carbocycles. The topological polar surface area (TPSA) is 77.0 Å².